The molecule has 1 heterocycles. The number of nitriles is 1. The Bertz CT molecular complexity index is 581. The molecule has 1 N–H and O–H groups in total. The van der Waals surface area contributed by atoms with Crippen molar-refractivity contribution in [3.63, 3.8) is 0 Å². The molecule has 4 nitrogen and oxygen atoms in total. The lowest BCUT2D eigenvalue weighted by molar-refractivity contribution is -0.127. The monoisotopic (exact) mass is 327 g/mol. The second kappa shape index (κ2) is 7.81. The highest BCUT2D eigenvalue weighted by Gasteiger charge is 2.35. The molecule has 2 rings (SSSR count). The molecule has 1 aromatic rings. The van der Waals surface area contributed by atoms with Gasteiger partial charge in [-0.05, 0) is 57.2 Å². The van der Waals surface area contributed by atoms with E-state index in [1.165, 1.54) is 5.56 Å². The predicted octanol–water partition coefficient (Wildman–Crippen LogP) is 3.34. The van der Waals surface area contributed by atoms with Crippen LogP contribution in [0.5, 0.6) is 0 Å². The zero-order chi connectivity index (χ0) is 17.6. The quantitative estimate of drug-likeness (QED) is 0.872. The van der Waals surface area contributed by atoms with Crippen molar-refractivity contribution in [3.8, 4) is 6.07 Å². The molecular formula is C20H29N3O. The molecule has 1 saturated heterocycles. The van der Waals surface area contributed by atoms with E-state index in [1.54, 1.807) is 13.8 Å². The molecule has 1 fully saturated rings. The second-order valence-corrected chi connectivity index (χ2v) is 7.53. The van der Waals surface area contributed by atoms with Crippen molar-refractivity contribution in [2.24, 2.45) is 10.8 Å². The van der Waals surface area contributed by atoms with E-state index in [1.807, 2.05) is 6.07 Å². The average Bonchev–Trinajstić information content (AvgIpc) is 2.62. The summed E-state index contributed by atoms with van der Waals surface area (Å²) < 4.78 is 0. The summed E-state index contributed by atoms with van der Waals surface area (Å²) in [6.07, 6.45) is 3.23. The van der Waals surface area contributed by atoms with Gasteiger partial charge in [-0.2, -0.15) is 5.26 Å². The standard InChI is InChI=1S/C20H29N3O/c1-4-20(16-22-18(24)19(2,3)15-21)10-12-23(13-11-20)14-17-8-6-5-7-9-17/h5-9H,4,10-14,16H2,1-3H3,(H,22,24). The van der Waals surface area contributed by atoms with E-state index in [0.29, 0.717) is 6.54 Å². The summed E-state index contributed by atoms with van der Waals surface area (Å²) in [6.45, 7) is 9.32. The molecule has 0 aromatic heterocycles. The lowest BCUT2D eigenvalue weighted by Crippen LogP contribution is -2.47. The normalized spacial score (nSPS) is 17.9. The molecule has 0 unspecified atom stereocenters. The highest BCUT2D eigenvalue weighted by atomic mass is 16.2. The maximum Gasteiger partial charge on any atom is 0.239 e. The third-order valence-electron chi connectivity index (χ3n) is 5.39. The van der Waals surface area contributed by atoms with Crippen LogP contribution >= 0.6 is 0 Å². The fourth-order valence-corrected chi connectivity index (χ4v) is 3.22. The average molecular weight is 327 g/mol. The maximum atomic E-state index is 12.2. The van der Waals surface area contributed by atoms with Gasteiger partial charge >= 0.3 is 0 Å². The predicted molar refractivity (Wildman–Crippen MR) is 96.1 cm³/mol. The molecule has 1 aliphatic rings. The minimum atomic E-state index is -0.955. The minimum Gasteiger partial charge on any atom is -0.354 e. The fourth-order valence-electron chi connectivity index (χ4n) is 3.22. The Morgan fingerprint density at radius 3 is 2.46 bits per heavy atom. The Morgan fingerprint density at radius 1 is 1.29 bits per heavy atom. The van der Waals surface area contributed by atoms with E-state index in [9.17, 15) is 4.79 Å². The smallest absolute Gasteiger partial charge is 0.239 e. The van der Waals surface area contributed by atoms with E-state index in [2.05, 4.69) is 47.5 Å². The Labute approximate surface area is 145 Å². The van der Waals surface area contributed by atoms with Gasteiger partial charge in [0.25, 0.3) is 0 Å². The Hall–Kier alpha value is -1.86. The Kier molecular flexibility index (Phi) is 6.01. The zero-order valence-corrected chi connectivity index (χ0v) is 15.1. The van der Waals surface area contributed by atoms with Crippen LogP contribution in [0.3, 0.4) is 0 Å². The van der Waals surface area contributed by atoms with Crippen LogP contribution in [0, 0.1) is 22.2 Å². The highest BCUT2D eigenvalue weighted by molar-refractivity contribution is 5.84. The zero-order valence-electron chi connectivity index (χ0n) is 15.1. The number of nitrogens with zero attached hydrogens (tertiary/aromatic N) is 2. The van der Waals surface area contributed by atoms with Crippen molar-refractivity contribution in [1.82, 2.24) is 10.2 Å². The van der Waals surface area contributed by atoms with Gasteiger partial charge in [-0.25, -0.2) is 0 Å². The van der Waals surface area contributed by atoms with Crippen LogP contribution in [0.2, 0.25) is 0 Å². The van der Waals surface area contributed by atoms with Crippen LogP contribution in [-0.2, 0) is 11.3 Å². The number of benzene rings is 1. The molecule has 1 amide bonds. The van der Waals surface area contributed by atoms with Gasteiger partial charge in [-0.1, -0.05) is 37.3 Å². The largest absolute Gasteiger partial charge is 0.354 e. The van der Waals surface area contributed by atoms with Gasteiger partial charge in [0.2, 0.25) is 5.91 Å². The summed E-state index contributed by atoms with van der Waals surface area (Å²) in [5.74, 6) is -0.162. The molecule has 1 aromatic carbocycles. The Morgan fingerprint density at radius 2 is 1.92 bits per heavy atom. The van der Waals surface area contributed by atoms with Gasteiger partial charge in [0.05, 0.1) is 6.07 Å². The van der Waals surface area contributed by atoms with E-state index in [0.717, 1.165) is 38.9 Å². The molecule has 0 aliphatic carbocycles. The van der Waals surface area contributed by atoms with E-state index >= 15 is 0 Å². The number of carbonyl (C=O) groups is 1. The lowest BCUT2D eigenvalue weighted by atomic mass is 9.75. The van der Waals surface area contributed by atoms with Crippen LogP contribution in [-0.4, -0.2) is 30.4 Å². The summed E-state index contributed by atoms with van der Waals surface area (Å²) in [6, 6.07) is 12.6. The van der Waals surface area contributed by atoms with Gasteiger partial charge in [0, 0.05) is 13.1 Å². The topological polar surface area (TPSA) is 56.1 Å². The first-order valence-electron chi connectivity index (χ1n) is 8.87. The maximum absolute atomic E-state index is 12.2. The SMILES string of the molecule is CCC1(CNC(=O)C(C)(C)C#N)CCN(Cc2ccccc2)CC1. The molecule has 0 saturated carbocycles. The van der Waals surface area contributed by atoms with Crippen LogP contribution in [0.1, 0.15) is 45.6 Å². The third kappa shape index (κ3) is 4.58. The molecule has 0 radical (unpaired) electrons. The number of piperidine rings is 1. The minimum absolute atomic E-state index is 0.161. The first-order chi connectivity index (χ1) is 11.4. The van der Waals surface area contributed by atoms with Gasteiger partial charge in [-0.15, -0.1) is 0 Å². The van der Waals surface area contributed by atoms with E-state index in [-0.39, 0.29) is 11.3 Å². The first kappa shape index (κ1) is 18.5. The lowest BCUT2D eigenvalue weighted by Gasteiger charge is -2.42. The number of rotatable bonds is 6. The Balaban J connectivity index is 1.87. The first-order valence-corrected chi connectivity index (χ1v) is 8.87. The second-order valence-electron chi connectivity index (χ2n) is 7.53. The number of amides is 1. The summed E-state index contributed by atoms with van der Waals surface area (Å²) in [5.41, 5.74) is 0.558. The van der Waals surface area contributed by atoms with Gasteiger partial charge in [0.15, 0.2) is 0 Å². The van der Waals surface area contributed by atoms with Gasteiger partial charge in [0.1, 0.15) is 5.41 Å². The van der Waals surface area contributed by atoms with Crippen LogP contribution in [0.15, 0.2) is 30.3 Å². The van der Waals surface area contributed by atoms with E-state index < -0.39 is 5.41 Å². The summed E-state index contributed by atoms with van der Waals surface area (Å²) in [7, 11) is 0. The van der Waals surface area contributed by atoms with Crippen molar-refractivity contribution in [2.75, 3.05) is 19.6 Å². The van der Waals surface area contributed by atoms with E-state index in [4.69, 9.17) is 5.26 Å². The number of carbonyl (C=O) groups excluding carboxylic acids is 1. The van der Waals surface area contributed by atoms with Crippen LogP contribution < -0.4 is 5.32 Å². The number of hydrogen-bond acceptors (Lipinski definition) is 3. The van der Waals surface area contributed by atoms with Crippen molar-refractivity contribution in [3.05, 3.63) is 35.9 Å². The van der Waals surface area contributed by atoms with Crippen molar-refractivity contribution in [2.45, 2.75) is 46.6 Å². The van der Waals surface area contributed by atoms with Crippen molar-refractivity contribution < 1.29 is 4.79 Å². The van der Waals surface area contributed by atoms with Crippen LogP contribution in [0.25, 0.3) is 0 Å². The van der Waals surface area contributed by atoms with Crippen molar-refractivity contribution >= 4 is 5.91 Å². The number of nitrogens with one attached hydrogen (secondary N) is 1. The molecule has 4 heteroatoms. The third-order valence-corrected chi connectivity index (χ3v) is 5.39. The van der Waals surface area contributed by atoms with Gasteiger partial charge in [-0.3, -0.25) is 9.69 Å². The highest BCUT2D eigenvalue weighted by Crippen LogP contribution is 2.35. The molecular weight excluding hydrogens is 298 g/mol. The molecule has 130 valence electrons. The van der Waals surface area contributed by atoms with Gasteiger partial charge < -0.3 is 5.32 Å². The summed E-state index contributed by atoms with van der Waals surface area (Å²) in [4.78, 5) is 14.6. The van der Waals surface area contributed by atoms with Crippen molar-refractivity contribution in [1.29, 1.82) is 5.26 Å². The molecule has 24 heavy (non-hydrogen) atoms. The molecule has 1 aliphatic heterocycles. The number of likely N-dealkylation sites (tertiary alicyclic amines) is 1. The summed E-state index contributed by atoms with van der Waals surface area (Å²) in [5, 5.41) is 12.1. The molecule has 0 bridgehead atoms. The molecule has 0 spiro atoms. The fraction of sp³-hybridized carbons (Fsp3) is 0.600. The number of hydrogen-bond donors (Lipinski definition) is 1. The summed E-state index contributed by atoms with van der Waals surface area (Å²) >= 11 is 0. The van der Waals surface area contributed by atoms with Crippen LogP contribution in [0.4, 0.5) is 0 Å². The molecule has 0 atom stereocenters.